The first-order chi connectivity index (χ1) is 14.8. The van der Waals surface area contributed by atoms with E-state index in [9.17, 15) is 14.4 Å². The summed E-state index contributed by atoms with van der Waals surface area (Å²) in [6.07, 6.45) is 0. The highest BCUT2D eigenvalue weighted by Crippen LogP contribution is 2.23. The Labute approximate surface area is 183 Å². The number of carbonyl (C=O) groups excluding carboxylic acids is 3. The van der Waals surface area contributed by atoms with Gasteiger partial charge in [0.2, 0.25) is 5.91 Å². The molecule has 0 bridgehead atoms. The van der Waals surface area contributed by atoms with Gasteiger partial charge in [-0.2, -0.15) is 0 Å². The lowest BCUT2D eigenvalue weighted by Gasteiger charge is -2.13. The molecule has 0 atom stereocenters. The Morgan fingerprint density at radius 1 is 1.06 bits per heavy atom. The summed E-state index contributed by atoms with van der Waals surface area (Å²) in [5.41, 5.74) is 5.06. The van der Waals surface area contributed by atoms with E-state index < -0.39 is 18.5 Å². The minimum Gasteiger partial charge on any atom is -0.455 e. The molecule has 3 rings (SSSR count). The summed E-state index contributed by atoms with van der Waals surface area (Å²) < 4.78 is 10.4. The number of esters is 1. The number of ether oxygens (including phenoxy) is 1. The third-order valence-electron chi connectivity index (χ3n) is 4.34. The molecule has 0 aliphatic carbocycles. The van der Waals surface area contributed by atoms with Crippen molar-refractivity contribution in [1.29, 1.82) is 0 Å². The van der Waals surface area contributed by atoms with Crippen molar-refractivity contribution < 1.29 is 23.5 Å². The number of aryl methyl sites for hydroxylation is 3. The van der Waals surface area contributed by atoms with Crippen LogP contribution in [-0.4, -0.2) is 41.7 Å². The number of rotatable bonds is 8. The number of para-hydroxylation sites is 2. The number of nitrogens with one attached hydrogen (secondary N) is 2. The molecule has 8 nitrogen and oxygen atoms in total. The molecule has 2 N–H and O–H groups in total. The monoisotopic (exact) mass is 441 g/mol. The lowest BCUT2D eigenvalue weighted by Crippen LogP contribution is -2.36. The summed E-state index contributed by atoms with van der Waals surface area (Å²) >= 11 is 1.08. The number of benzene rings is 2. The molecule has 1 heterocycles. The number of anilines is 1. The van der Waals surface area contributed by atoms with Crippen LogP contribution in [0.3, 0.4) is 0 Å². The molecule has 9 heteroatoms. The summed E-state index contributed by atoms with van der Waals surface area (Å²) in [6.45, 7) is 5.11. The van der Waals surface area contributed by atoms with Crippen molar-refractivity contribution in [2.24, 2.45) is 0 Å². The van der Waals surface area contributed by atoms with Crippen LogP contribution in [0.1, 0.15) is 16.7 Å². The quantitative estimate of drug-likeness (QED) is 0.408. The molecule has 2 aromatic carbocycles. The highest BCUT2D eigenvalue weighted by atomic mass is 32.2. The third-order valence-corrected chi connectivity index (χ3v) is 5.14. The molecule has 2 amide bonds. The number of hydrogen-bond donors (Lipinski definition) is 2. The second-order valence-corrected chi connectivity index (χ2v) is 7.92. The van der Waals surface area contributed by atoms with E-state index in [2.05, 4.69) is 15.6 Å². The molecule has 0 radical (unpaired) electrons. The summed E-state index contributed by atoms with van der Waals surface area (Å²) in [7, 11) is 0. The van der Waals surface area contributed by atoms with Crippen molar-refractivity contribution in [3.05, 3.63) is 53.1 Å². The van der Waals surface area contributed by atoms with Crippen LogP contribution >= 0.6 is 11.8 Å². The van der Waals surface area contributed by atoms with Gasteiger partial charge in [-0.3, -0.25) is 14.4 Å². The largest absolute Gasteiger partial charge is 0.455 e. The van der Waals surface area contributed by atoms with Gasteiger partial charge in [-0.15, -0.1) is 0 Å². The van der Waals surface area contributed by atoms with E-state index in [1.807, 2.05) is 51.1 Å². The van der Waals surface area contributed by atoms with Crippen LogP contribution < -0.4 is 10.6 Å². The van der Waals surface area contributed by atoms with Crippen LogP contribution in [-0.2, 0) is 19.1 Å². The Morgan fingerprint density at radius 2 is 1.77 bits per heavy atom. The number of carbonyl (C=O) groups is 3. The molecule has 31 heavy (non-hydrogen) atoms. The van der Waals surface area contributed by atoms with Gasteiger partial charge in [0, 0.05) is 5.69 Å². The summed E-state index contributed by atoms with van der Waals surface area (Å²) in [6, 6.07) is 11.2. The Balaban J connectivity index is 1.37. The van der Waals surface area contributed by atoms with Crippen molar-refractivity contribution in [2.75, 3.05) is 24.2 Å². The first kappa shape index (κ1) is 22.4. The summed E-state index contributed by atoms with van der Waals surface area (Å²) in [4.78, 5) is 40.1. The first-order valence-electron chi connectivity index (χ1n) is 9.60. The fraction of sp³-hybridized carbons (Fsp3) is 0.273. The Hall–Kier alpha value is -3.33. The van der Waals surface area contributed by atoms with Gasteiger partial charge >= 0.3 is 5.97 Å². The Morgan fingerprint density at radius 3 is 2.48 bits per heavy atom. The molecular formula is C22H23N3O5S. The molecule has 0 saturated heterocycles. The maximum absolute atomic E-state index is 12.1. The van der Waals surface area contributed by atoms with Gasteiger partial charge in [0.15, 0.2) is 12.2 Å². The van der Waals surface area contributed by atoms with Crippen LogP contribution in [0.4, 0.5) is 5.69 Å². The topological polar surface area (TPSA) is 111 Å². The molecule has 0 saturated carbocycles. The normalized spacial score (nSPS) is 10.7. The maximum atomic E-state index is 12.1. The van der Waals surface area contributed by atoms with Gasteiger partial charge in [-0.05, 0) is 44.0 Å². The van der Waals surface area contributed by atoms with Crippen molar-refractivity contribution in [3.8, 4) is 0 Å². The van der Waals surface area contributed by atoms with E-state index in [1.165, 1.54) is 0 Å². The number of thioether (sulfide) groups is 1. The Bertz CT molecular complexity index is 1070. The van der Waals surface area contributed by atoms with Gasteiger partial charge in [0.25, 0.3) is 11.1 Å². The molecule has 0 aliphatic heterocycles. The van der Waals surface area contributed by atoms with E-state index in [1.54, 1.807) is 6.07 Å². The van der Waals surface area contributed by atoms with Crippen LogP contribution in [0.2, 0.25) is 0 Å². The van der Waals surface area contributed by atoms with Crippen molar-refractivity contribution in [1.82, 2.24) is 10.3 Å². The van der Waals surface area contributed by atoms with Gasteiger partial charge in [-0.1, -0.05) is 41.6 Å². The Kier molecular flexibility index (Phi) is 7.30. The average molecular weight is 442 g/mol. The summed E-state index contributed by atoms with van der Waals surface area (Å²) in [5.74, 6) is -1.56. The minimum atomic E-state index is -0.585. The molecule has 0 spiro atoms. The lowest BCUT2D eigenvalue weighted by atomic mass is 10.1. The van der Waals surface area contributed by atoms with Crippen LogP contribution in [0.25, 0.3) is 11.1 Å². The van der Waals surface area contributed by atoms with Crippen molar-refractivity contribution in [2.45, 2.75) is 26.0 Å². The fourth-order valence-corrected chi connectivity index (χ4v) is 3.65. The SMILES string of the molecule is Cc1cc(C)c(NC(=O)CNC(=O)COC(=O)CSc2nc3ccccc3o2)c(C)c1. The zero-order chi connectivity index (χ0) is 22.4. The van der Waals surface area contributed by atoms with E-state index >= 15 is 0 Å². The predicted octanol–water partition coefficient (Wildman–Crippen LogP) is 3.14. The molecular weight excluding hydrogens is 418 g/mol. The summed E-state index contributed by atoms with van der Waals surface area (Å²) in [5, 5.41) is 5.58. The van der Waals surface area contributed by atoms with Gasteiger partial charge in [0.05, 0.1) is 6.54 Å². The molecule has 0 aliphatic rings. The van der Waals surface area contributed by atoms with Crippen LogP contribution in [0, 0.1) is 20.8 Å². The number of nitrogens with zero attached hydrogens (tertiary/aromatic N) is 1. The number of fused-ring (bicyclic) bond motifs is 1. The van der Waals surface area contributed by atoms with Crippen molar-refractivity contribution >= 4 is 46.3 Å². The van der Waals surface area contributed by atoms with E-state index in [0.29, 0.717) is 16.3 Å². The lowest BCUT2D eigenvalue weighted by molar-refractivity contribution is -0.146. The van der Waals surface area contributed by atoms with E-state index in [0.717, 1.165) is 34.1 Å². The zero-order valence-electron chi connectivity index (χ0n) is 17.5. The highest BCUT2D eigenvalue weighted by molar-refractivity contribution is 7.99. The average Bonchev–Trinajstić information content (AvgIpc) is 3.15. The molecule has 1 aromatic heterocycles. The predicted molar refractivity (Wildman–Crippen MR) is 118 cm³/mol. The smallest absolute Gasteiger partial charge is 0.316 e. The third kappa shape index (κ3) is 6.32. The number of amides is 2. The number of oxazole rings is 1. The van der Waals surface area contributed by atoms with E-state index in [4.69, 9.17) is 9.15 Å². The van der Waals surface area contributed by atoms with Crippen LogP contribution in [0.15, 0.2) is 46.0 Å². The van der Waals surface area contributed by atoms with E-state index in [-0.39, 0.29) is 18.2 Å². The second-order valence-electron chi connectivity index (χ2n) is 7.00. The van der Waals surface area contributed by atoms with Crippen LogP contribution in [0.5, 0.6) is 0 Å². The molecule has 0 fully saturated rings. The number of aromatic nitrogens is 1. The first-order valence-corrected chi connectivity index (χ1v) is 10.6. The fourth-order valence-electron chi connectivity index (χ4n) is 3.01. The van der Waals surface area contributed by atoms with Gasteiger partial charge < -0.3 is 19.8 Å². The maximum Gasteiger partial charge on any atom is 0.316 e. The number of hydrogen-bond acceptors (Lipinski definition) is 7. The second kappa shape index (κ2) is 10.1. The molecule has 162 valence electrons. The molecule has 0 unspecified atom stereocenters. The standard InChI is InChI=1S/C22H23N3O5S/c1-13-8-14(2)21(15(3)9-13)25-18(26)10-23-19(27)11-29-20(28)12-31-22-24-16-6-4-5-7-17(16)30-22/h4-9H,10-12H2,1-3H3,(H,23,27)(H,25,26). The molecule has 3 aromatic rings. The van der Waals surface area contributed by atoms with Crippen molar-refractivity contribution in [3.63, 3.8) is 0 Å². The highest BCUT2D eigenvalue weighted by Gasteiger charge is 2.13. The van der Waals surface area contributed by atoms with Gasteiger partial charge in [-0.25, -0.2) is 4.98 Å². The van der Waals surface area contributed by atoms with Gasteiger partial charge in [0.1, 0.15) is 11.3 Å². The zero-order valence-corrected chi connectivity index (χ0v) is 18.3. The minimum absolute atomic E-state index is 0.0490.